The molecule has 136 heavy (non-hydrogen) atoms. The van der Waals surface area contributed by atoms with E-state index in [1.807, 2.05) is 13.8 Å². The van der Waals surface area contributed by atoms with Crippen LogP contribution in [0.5, 0.6) is 0 Å². The molecule has 1 heterocycles. The first-order chi connectivity index (χ1) is 63.9. The molecule has 764 valence electrons. The summed E-state index contributed by atoms with van der Waals surface area (Å²) in [4.78, 5) is 318. The second-order valence-electron chi connectivity index (χ2n) is 32.1. The minimum Gasteiger partial charge on any atom is -0.478 e. The summed E-state index contributed by atoms with van der Waals surface area (Å²) in [6, 6.07) is -22.7. The lowest BCUT2D eigenvalue weighted by atomic mass is 9.91. The summed E-state index contributed by atoms with van der Waals surface area (Å²) in [5, 5.41) is 74.7. The molecule has 0 radical (unpaired) electrons. The van der Waals surface area contributed by atoms with Crippen molar-refractivity contribution in [2.24, 2.45) is 57.3 Å². The Hall–Kier alpha value is -13.9. The predicted octanol–water partition coefficient (Wildman–Crippen LogP) is -12.2. The van der Waals surface area contributed by atoms with Crippen molar-refractivity contribution in [1.82, 2.24) is 79.8 Å². The number of hydrogen-bond donors (Lipinski definition) is 29. The van der Waals surface area contributed by atoms with Crippen LogP contribution < -0.4 is 137 Å². The van der Waals surface area contributed by atoms with Crippen LogP contribution in [0.4, 0.5) is 0 Å². The number of ether oxygens (including phenoxy) is 2. The van der Waals surface area contributed by atoms with Gasteiger partial charge < -0.3 is 162 Å². The van der Waals surface area contributed by atoms with Crippen molar-refractivity contribution in [3.8, 4) is 0 Å². The van der Waals surface area contributed by atoms with Crippen LogP contribution in [-0.4, -0.2) is 293 Å². The number of amides is 22. The Balaban J connectivity index is 4.03. The fourth-order valence-corrected chi connectivity index (χ4v) is 13.1. The molecule has 0 aliphatic carbocycles. The van der Waals surface area contributed by atoms with Gasteiger partial charge in [-0.05, 0) is 116 Å². The molecule has 1 aliphatic rings. The molecule has 55 heteroatoms. The Bertz CT molecular complexity index is 4200. The van der Waals surface area contributed by atoms with E-state index in [-0.39, 0.29) is 64.6 Å². The number of aliphatic hydroxyl groups is 2. The molecule has 1 rings (SSSR count). The van der Waals surface area contributed by atoms with E-state index < -0.39 is 372 Å². The summed E-state index contributed by atoms with van der Waals surface area (Å²) < 4.78 is 11.6. The Morgan fingerprint density at radius 3 is 0.897 bits per heavy atom. The van der Waals surface area contributed by atoms with E-state index in [9.17, 15) is 130 Å². The number of ketones is 1. The second kappa shape index (κ2) is 64.9. The van der Waals surface area contributed by atoms with Gasteiger partial charge in [0.2, 0.25) is 136 Å². The number of hydrogen-bond acceptors (Lipinski definition) is 30. The number of nitrogens with two attached hydrogens (primary N) is 10. The molecule has 0 aromatic rings. The van der Waals surface area contributed by atoms with Gasteiger partial charge in [-0.2, -0.15) is 0 Å². The molecule has 0 aromatic carbocycles. The highest BCUT2D eigenvalue weighted by Crippen LogP contribution is 2.26. The first-order valence-electron chi connectivity index (χ1n) is 44.2. The molecule has 55 nitrogen and oxygen atoms in total. The van der Waals surface area contributed by atoms with Gasteiger partial charge in [0.1, 0.15) is 66.6 Å². The highest BCUT2D eigenvalue weighted by atomic mass is 16.6. The number of carboxylic acid groups (broad SMARTS) is 1. The molecule has 16 atom stereocenters. The van der Waals surface area contributed by atoms with Gasteiger partial charge in [0.05, 0.1) is 30.8 Å². The number of carbonyl (C=O) groups excluding carboxylic acids is 23. The van der Waals surface area contributed by atoms with Crippen LogP contribution in [0.1, 0.15) is 214 Å². The number of guanidine groups is 1. The molecule has 0 bridgehead atoms. The maximum Gasteiger partial charge on any atom is 0.370 e. The van der Waals surface area contributed by atoms with Crippen molar-refractivity contribution in [1.29, 1.82) is 5.41 Å². The fourth-order valence-electron chi connectivity index (χ4n) is 13.1. The normalized spacial score (nSPS) is 16.0. The molecule has 22 amide bonds. The van der Waals surface area contributed by atoms with Gasteiger partial charge >= 0.3 is 5.97 Å². The Morgan fingerprint density at radius 2 is 0.640 bits per heavy atom. The molecule has 0 aromatic heterocycles. The van der Waals surface area contributed by atoms with Crippen molar-refractivity contribution in [2.75, 3.05) is 32.8 Å². The summed E-state index contributed by atoms with van der Waals surface area (Å²) >= 11 is 0. The predicted molar refractivity (Wildman–Crippen MR) is 476 cm³/mol. The van der Waals surface area contributed by atoms with Crippen LogP contribution in [-0.2, 0) is 125 Å². The van der Waals surface area contributed by atoms with E-state index in [0.29, 0.717) is 25.8 Å². The van der Waals surface area contributed by atoms with Crippen molar-refractivity contribution < 1.29 is 140 Å². The molecule has 0 unspecified atom stereocenters. The zero-order valence-corrected chi connectivity index (χ0v) is 76.6. The van der Waals surface area contributed by atoms with E-state index >= 15 is 0 Å². The lowest BCUT2D eigenvalue weighted by Crippen LogP contribution is -2.64. The topological polar surface area (TPSA) is 953 Å². The molecular weight excluding hydrogens is 1800 g/mol. The molecular formula is C81H136N26O29. The highest BCUT2D eigenvalue weighted by Gasteiger charge is 2.46. The summed E-state index contributed by atoms with van der Waals surface area (Å²) in [5.41, 5.74) is 55.1. The largest absolute Gasteiger partial charge is 0.478 e. The van der Waals surface area contributed by atoms with Gasteiger partial charge in [0, 0.05) is 104 Å². The zero-order valence-electron chi connectivity index (χ0n) is 76.6. The second-order valence-corrected chi connectivity index (χ2v) is 32.1. The number of primary amides is 8. The average molecular weight is 1940 g/mol. The molecule has 1 aliphatic heterocycles. The number of unbranched alkanes of at least 4 members (excludes halogenated alkanes) is 4. The number of rotatable bonds is 73. The van der Waals surface area contributed by atoms with Gasteiger partial charge in [0.25, 0.3) is 0 Å². The van der Waals surface area contributed by atoms with Crippen LogP contribution >= 0.6 is 0 Å². The number of aliphatic carboxylic acids is 1. The van der Waals surface area contributed by atoms with Crippen LogP contribution in [0.2, 0.25) is 0 Å². The molecule has 0 saturated carbocycles. The Labute approximate surface area is 782 Å². The molecule has 0 fully saturated rings. The third kappa shape index (κ3) is 50.8. The van der Waals surface area contributed by atoms with Crippen molar-refractivity contribution in [3.63, 3.8) is 0 Å². The van der Waals surface area contributed by atoms with E-state index in [2.05, 4.69) is 79.8 Å². The van der Waals surface area contributed by atoms with E-state index in [0.717, 1.165) is 26.3 Å². The third-order valence-corrected chi connectivity index (χ3v) is 20.6. The molecule has 0 saturated heterocycles. The zero-order chi connectivity index (χ0) is 103. The third-order valence-electron chi connectivity index (χ3n) is 20.6. The van der Waals surface area contributed by atoms with Crippen molar-refractivity contribution >= 4 is 148 Å². The summed E-state index contributed by atoms with van der Waals surface area (Å²) in [5.74, 6) is -27.3. The SMILES string of the molecule is CCCCNC(=O)CC[C@H](NC(=O)[C@@H](N)CCC(=O)NCCCC)C(=O)N[C@@H](CCC(=O)NCCCCCO[C@@H]([C@@H]1OC(C(=O)O)=C[C@H](NC(=N)N)[C@H]1NC(C)=O)[C@H](O)CO)C(=O)N[C@@H](CCC(N)=O)C(=O)N[C@@H](CCC(N)=O)C(=O)N[C@@H](CCC(N)=O)C(=O)N[C@@H](CCC(N)=O)C(=O)N[C@@H](CCC(N)=O)C(=O)N[C@@H](CCC(N)=O)C(=O)N[C@@H](CCC(N)=O)C(=O)N[C@@H](CCC(N)=O)C(C)=O. The summed E-state index contributed by atoms with van der Waals surface area (Å²) in [7, 11) is 0. The first kappa shape index (κ1) is 120. The van der Waals surface area contributed by atoms with Gasteiger partial charge in [0.15, 0.2) is 17.8 Å². The highest BCUT2D eigenvalue weighted by molar-refractivity contribution is 6.01. The maximum absolute atomic E-state index is 15.0. The Kier molecular flexibility index (Phi) is 57.3. The quantitative estimate of drug-likeness (QED) is 0.0153. The smallest absolute Gasteiger partial charge is 0.370 e. The number of aliphatic hydroxyl groups excluding tert-OH is 2. The fraction of sp³-hybridized carbons (Fsp3) is 0.667. The standard InChI is InChI=1S/C81H136N26O29/c1-5-7-34-93-64(120)31-12-42(82)70(123)98-51(21-32-65(121)94-35-8-6-2)78(131)106-52(22-33-66(122)95-36-10-9-11-37-135-68(54(111)39-108)69-67(96-41(4)110)53(107-81(91)92)38-55(136-69)80(133)134)79(132)105-50(20-30-63(90)119)77(130)104-49(19-29-62(89)118)76(129)103-48(18-28-61(88)117)75(128)102-47(17-27-60(87)116)74(127)101-46(16-26-59(86)115)73(126)100-45(15-25-58(85)114)72(125)99-44(14-24-57(84)113)71(124)97-43(40(3)109)13-23-56(83)112/h38,42-54,67-69,108,111H,5-37,39,82H2,1-4H3,(H2,83,112)(H2,84,113)(H2,85,114)(H2,86,115)(H2,87,116)(H2,88,117)(H2,89,118)(H2,90,119)(H,93,120)(H,94,121)(H,95,122)(H,96,110)(H,97,124)(H,98,123)(H,99,125)(H,100,126)(H,101,127)(H,102,128)(H,103,129)(H,104,130)(H,105,132)(H,106,131)(H,133,134)(H4,91,92,107)/t42-,43-,44-,45-,46-,47-,48-,49-,50-,51-,52-,53-,54+,67+,68+,69+/m0/s1. The molecule has 0 spiro atoms. The lowest BCUT2D eigenvalue weighted by Gasteiger charge is -2.41. The van der Waals surface area contributed by atoms with E-state index in [1.54, 1.807) is 0 Å². The lowest BCUT2D eigenvalue weighted by molar-refractivity contribution is -0.154. The minimum atomic E-state index is -2.05. The summed E-state index contributed by atoms with van der Waals surface area (Å²) in [6.07, 6.45) is -13.9. The minimum absolute atomic E-state index is 0.0960. The van der Waals surface area contributed by atoms with E-state index in [4.69, 9.17) is 72.2 Å². The average Bonchev–Trinajstić information content (AvgIpc) is 0.787. The number of nitrogens with one attached hydrogen (secondary N) is 16. The van der Waals surface area contributed by atoms with Crippen LogP contribution in [0.3, 0.4) is 0 Å². The maximum atomic E-state index is 15.0. The van der Waals surface area contributed by atoms with Gasteiger partial charge in [-0.25, -0.2) is 4.79 Å². The number of carbonyl (C=O) groups is 24. The van der Waals surface area contributed by atoms with Gasteiger partial charge in [-0.15, -0.1) is 0 Å². The van der Waals surface area contributed by atoms with Gasteiger partial charge in [-0.3, -0.25) is 116 Å². The number of Topliss-reactive ketones (excluding diaryl/α,β-unsaturated/α-hetero) is 1. The van der Waals surface area contributed by atoms with Crippen molar-refractivity contribution in [3.05, 3.63) is 11.8 Å². The Morgan fingerprint density at radius 1 is 0.375 bits per heavy atom. The van der Waals surface area contributed by atoms with Gasteiger partial charge in [-0.1, -0.05) is 26.7 Å². The number of carboxylic acids is 1. The van der Waals surface area contributed by atoms with E-state index in [1.165, 1.54) is 0 Å². The van der Waals surface area contributed by atoms with Crippen molar-refractivity contribution in [2.45, 2.75) is 311 Å². The van der Waals surface area contributed by atoms with Crippen LogP contribution in [0.15, 0.2) is 11.8 Å². The first-order valence-corrected chi connectivity index (χ1v) is 44.2. The van der Waals surface area contributed by atoms with Crippen LogP contribution in [0, 0.1) is 5.41 Å². The molecule has 39 N–H and O–H groups in total. The monoisotopic (exact) mass is 1940 g/mol. The van der Waals surface area contributed by atoms with Crippen LogP contribution in [0.25, 0.3) is 0 Å². The summed E-state index contributed by atoms with van der Waals surface area (Å²) in [6.45, 7) is 5.21.